The second kappa shape index (κ2) is 5.98. The molecule has 0 aliphatic carbocycles. The molecule has 100 valence electrons. The zero-order valence-electron chi connectivity index (χ0n) is 11.0. The van der Waals surface area contributed by atoms with Gasteiger partial charge in [0.1, 0.15) is 5.82 Å². The number of benzene rings is 2. The quantitative estimate of drug-likeness (QED) is 0.926. The summed E-state index contributed by atoms with van der Waals surface area (Å²) in [6.45, 7) is 1.64. The van der Waals surface area contributed by atoms with E-state index in [1.165, 1.54) is 6.07 Å². The maximum absolute atomic E-state index is 13.4. The van der Waals surface area contributed by atoms with E-state index in [-0.39, 0.29) is 11.5 Å². The second-order valence-electron chi connectivity index (χ2n) is 4.45. The number of nitriles is 1. The molecule has 2 aromatic carbocycles. The Bertz CT molecular complexity index is 672. The van der Waals surface area contributed by atoms with Gasteiger partial charge in [-0.05, 0) is 42.3 Å². The number of rotatable bonds is 3. The standard InChI is InChI=1S/C16H13FN2O/c1-11-2-5-13(10-15(11)17)16(20)19-14-6-3-12(4-7-14)8-9-18/h2-7,10H,8H2,1H3,(H,19,20). The van der Waals surface area contributed by atoms with E-state index < -0.39 is 5.82 Å². The number of anilines is 1. The molecule has 0 aliphatic heterocycles. The molecule has 0 atom stereocenters. The van der Waals surface area contributed by atoms with Gasteiger partial charge in [0, 0.05) is 11.3 Å². The molecule has 1 N–H and O–H groups in total. The van der Waals surface area contributed by atoms with Crippen molar-refractivity contribution in [2.75, 3.05) is 5.32 Å². The molecule has 2 rings (SSSR count). The van der Waals surface area contributed by atoms with E-state index >= 15 is 0 Å². The predicted molar refractivity (Wildman–Crippen MR) is 74.8 cm³/mol. The molecule has 0 aliphatic rings. The fraction of sp³-hybridized carbons (Fsp3) is 0.125. The minimum absolute atomic E-state index is 0.272. The van der Waals surface area contributed by atoms with Gasteiger partial charge in [-0.25, -0.2) is 4.39 Å². The molecule has 0 aromatic heterocycles. The maximum Gasteiger partial charge on any atom is 0.255 e. The fourth-order valence-corrected chi connectivity index (χ4v) is 1.73. The third kappa shape index (κ3) is 3.21. The Kier molecular flexibility index (Phi) is 4.11. The van der Waals surface area contributed by atoms with E-state index in [0.717, 1.165) is 5.56 Å². The van der Waals surface area contributed by atoms with Crippen molar-refractivity contribution in [2.45, 2.75) is 13.3 Å². The first-order valence-electron chi connectivity index (χ1n) is 6.13. The lowest BCUT2D eigenvalue weighted by atomic mass is 10.1. The van der Waals surface area contributed by atoms with Crippen molar-refractivity contribution in [1.29, 1.82) is 5.26 Å². The Morgan fingerprint density at radius 2 is 1.95 bits per heavy atom. The van der Waals surface area contributed by atoms with Gasteiger partial charge >= 0.3 is 0 Å². The highest BCUT2D eigenvalue weighted by atomic mass is 19.1. The molecule has 2 aromatic rings. The van der Waals surface area contributed by atoms with Gasteiger partial charge in [0.2, 0.25) is 0 Å². The molecule has 0 unspecified atom stereocenters. The Hall–Kier alpha value is -2.67. The number of hydrogen-bond donors (Lipinski definition) is 1. The molecule has 3 nitrogen and oxygen atoms in total. The third-order valence-corrected chi connectivity index (χ3v) is 2.93. The summed E-state index contributed by atoms with van der Waals surface area (Å²) in [6.07, 6.45) is 0.331. The van der Waals surface area contributed by atoms with Crippen LogP contribution >= 0.6 is 0 Å². The van der Waals surface area contributed by atoms with Gasteiger partial charge in [-0.1, -0.05) is 18.2 Å². The largest absolute Gasteiger partial charge is 0.322 e. The lowest BCUT2D eigenvalue weighted by molar-refractivity contribution is 0.102. The molecular weight excluding hydrogens is 255 g/mol. The van der Waals surface area contributed by atoms with Crippen LogP contribution in [0.4, 0.5) is 10.1 Å². The van der Waals surface area contributed by atoms with Crippen molar-refractivity contribution in [3.63, 3.8) is 0 Å². The Labute approximate surface area is 116 Å². The van der Waals surface area contributed by atoms with Crippen LogP contribution in [0.15, 0.2) is 42.5 Å². The van der Waals surface area contributed by atoms with Crippen LogP contribution in [0.2, 0.25) is 0 Å². The lowest BCUT2D eigenvalue weighted by Gasteiger charge is -2.06. The number of nitrogens with one attached hydrogen (secondary N) is 1. The van der Waals surface area contributed by atoms with Crippen molar-refractivity contribution >= 4 is 11.6 Å². The van der Waals surface area contributed by atoms with Gasteiger partial charge in [-0.3, -0.25) is 4.79 Å². The van der Waals surface area contributed by atoms with Crippen LogP contribution in [0.3, 0.4) is 0 Å². The number of aryl methyl sites for hydroxylation is 1. The molecule has 20 heavy (non-hydrogen) atoms. The van der Waals surface area contributed by atoms with Crippen molar-refractivity contribution in [3.8, 4) is 6.07 Å². The average molecular weight is 268 g/mol. The predicted octanol–water partition coefficient (Wildman–Crippen LogP) is 3.45. The molecular formula is C16H13FN2O. The summed E-state index contributed by atoms with van der Waals surface area (Å²) >= 11 is 0. The smallest absolute Gasteiger partial charge is 0.255 e. The van der Waals surface area contributed by atoms with E-state index in [1.54, 1.807) is 43.3 Å². The zero-order valence-corrected chi connectivity index (χ0v) is 11.0. The SMILES string of the molecule is Cc1ccc(C(=O)Nc2ccc(CC#N)cc2)cc1F. The molecule has 0 radical (unpaired) electrons. The molecule has 1 amide bonds. The highest BCUT2D eigenvalue weighted by Crippen LogP contribution is 2.14. The van der Waals surface area contributed by atoms with Crippen LogP contribution in [0.5, 0.6) is 0 Å². The number of halogens is 1. The Morgan fingerprint density at radius 1 is 1.25 bits per heavy atom. The molecule has 0 spiro atoms. The molecule has 0 saturated heterocycles. The number of amides is 1. The van der Waals surface area contributed by atoms with Gasteiger partial charge in [-0.15, -0.1) is 0 Å². The molecule has 0 fully saturated rings. The van der Waals surface area contributed by atoms with Gasteiger partial charge in [-0.2, -0.15) is 5.26 Å². The topological polar surface area (TPSA) is 52.9 Å². The molecule has 0 saturated carbocycles. The monoisotopic (exact) mass is 268 g/mol. The zero-order chi connectivity index (χ0) is 14.5. The van der Waals surface area contributed by atoms with Gasteiger partial charge < -0.3 is 5.32 Å². The average Bonchev–Trinajstić information content (AvgIpc) is 2.44. The van der Waals surface area contributed by atoms with Crippen LogP contribution in [-0.2, 0) is 6.42 Å². The Balaban J connectivity index is 2.11. The summed E-state index contributed by atoms with van der Waals surface area (Å²) in [5.74, 6) is -0.765. The summed E-state index contributed by atoms with van der Waals surface area (Å²) in [6, 6.07) is 13.4. The van der Waals surface area contributed by atoms with E-state index in [9.17, 15) is 9.18 Å². The van der Waals surface area contributed by atoms with Crippen LogP contribution < -0.4 is 5.32 Å². The highest BCUT2D eigenvalue weighted by Gasteiger charge is 2.08. The fourth-order valence-electron chi connectivity index (χ4n) is 1.73. The van der Waals surface area contributed by atoms with Crippen molar-refractivity contribution < 1.29 is 9.18 Å². The van der Waals surface area contributed by atoms with E-state index in [2.05, 4.69) is 11.4 Å². The number of carbonyl (C=O) groups is 1. The van der Waals surface area contributed by atoms with Crippen molar-refractivity contribution in [2.24, 2.45) is 0 Å². The number of hydrogen-bond acceptors (Lipinski definition) is 2. The third-order valence-electron chi connectivity index (χ3n) is 2.93. The Morgan fingerprint density at radius 3 is 2.55 bits per heavy atom. The molecule has 0 bridgehead atoms. The van der Waals surface area contributed by atoms with E-state index in [4.69, 9.17) is 5.26 Å². The lowest BCUT2D eigenvalue weighted by Crippen LogP contribution is -2.12. The number of nitrogens with zero attached hydrogens (tertiary/aromatic N) is 1. The molecule has 0 heterocycles. The van der Waals surface area contributed by atoms with Crippen molar-refractivity contribution in [3.05, 3.63) is 65.0 Å². The highest BCUT2D eigenvalue weighted by molar-refractivity contribution is 6.04. The summed E-state index contributed by atoms with van der Waals surface area (Å²) in [5.41, 5.74) is 2.26. The van der Waals surface area contributed by atoms with E-state index in [1.807, 2.05) is 0 Å². The summed E-state index contributed by atoms with van der Waals surface area (Å²) in [4.78, 5) is 12.0. The normalized spacial score (nSPS) is 9.85. The first-order chi connectivity index (χ1) is 9.60. The first kappa shape index (κ1) is 13.8. The minimum Gasteiger partial charge on any atom is -0.322 e. The van der Waals surface area contributed by atoms with Gasteiger partial charge in [0.15, 0.2) is 0 Å². The summed E-state index contributed by atoms with van der Waals surface area (Å²) in [7, 11) is 0. The molecule has 4 heteroatoms. The van der Waals surface area contributed by atoms with Crippen LogP contribution in [0, 0.1) is 24.1 Å². The first-order valence-corrected chi connectivity index (χ1v) is 6.13. The van der Waals surface area contributed by atoms with Crippen molar-refractivity contribution in [1.82, 2.24) is 0 Å². The van der Waals surface area contributed by atoms with Crippen LogP contribution in [-0.4, -0.2) is 5.91 Å². The summed E-state index contributed by atoms with van der Waals surface area (Å²) < 4.78 is 13.4. The van der Waals surface area contributed by atoms with Crippen LogP contribution in [0.25, 0.3) is 0 Å². The number of carbonyl (C=O) groups excluding carboxylic acids is 1. The second-order valence-corrected chi connectivity index (χ2v) is 4.45. The summed E-state index contributed by atoms with van der Waals surface area (Å²) in [5, 5.41) is 11.3. The van der Waals surface area contributed by atoms with Gasteiger partial charge in [0.05, 0.1) is 12.5 Å². The maximum atomic E-state index is 13.4. The van der Waals surface area contributed by atoms with Crippen LogP contribution in [0.1, 0.15) is 21.5 Å². The van der Waals surface area contributed by atoms with E-state index in [0.29, 0.717) is 17.7 Å². The minimum atomic E-state index is -0.401. The van der Waals surface area contributed by atoms with Gasteiger partial charge in [0.25, 0.3) is 5.91 Å².